The lowest BCUT2D eigenvalue weighted by molar-refractivity contribution is 0.0445. The minimum absolute atomic E-state index is 0.0111. The highest BCUT2D eigenvalue weighted by molar-refractivity contribution is 6.21. The molecule has 6 N–H and O–H groups in total. The predicted molar refractivity (Wildman–Crippen MR) is 232 cm³/mol. The molecular formula is C44H76N6O10. The second-order valence-electron chi connectivity index (χ2n) is 19.8. The molecule has 0 fully saturated rings. The van der Waals surface area contributed by atoms with Gasteiger partial charge in [-0.25, -0.2) is 19.2 Å². The van der Waals surface area contributed by atoms with E-state index in [9.17, 15) is 28.8 Å². The maximum atomic E-state index is 12.9. The number of rotatable bonds is 15. The molecule has 0 saturated carbocycles. The Hall–Kier alpha value is -4.60. The van der Waals surface area contributed by atoms with Crippen molar-refractivity contribution in [1.29, 1.82) is 0 Å². The summed E-state index contributed by atoms with van der Waals surface area (Å²) in [5, 5.41) is 11.4. The maximum absolute atomic E-state index is 12.9. The molecular weight excluding hydrogens is 773 g/mol. The third kappa shape index (κ3) is 21.6. The first-order chi connectivity index (χ1) is 27.3. The van der Waals surface area contributed by atoms with E-state index < -0.39 is 64.6 Å². The van der Waals surface area contributed by atoms with Gasteiger partial charge < -0.3 is 45.9 Å². The van der Waals surface area contributed by atoms with E-state index >= 15 is 0 Å². The summed E-state index contributed by atoms with van der Waals surface area (Å²) in [5.74, 6) is -0.473. The minimum Gasteiger partial charge on any atom is -0.444 e. The largest absolute Gasteiger partial charge is 0.444 e. The summed E-state index contributed by atoms with van der Waals surface area (Å²) in [6.07, 6.45) is 0.114. The third-order valence-electron chi connectivity index (χ3n) is 8.67. The van der Waals surface area contributed by atoms with Gasteiger partial charge >= 0.3 is 24.4 Å². The number of benzene rings is 1. The fraction of sp³-hybridized carbons (Fsp3) is 0.727. The van der Waals surface area contributed by atoms with E-state index in [1.54, 1.807) is 65.8 Å². The molecule has 16 heteroatoms. The first kappa shape index (κ1) is 53.4. The lowest BCUT2D eigenvalue weighted by atomic mass is 9.96. The van der Waals surface area contributed by atoms with Crippen molar-refractivity contribution in [1.82, 2.24) is 26.2 Å². The van der Waals surface area contributed by atoms with Crippen LogP contribution in [0.1, 0.15) is 157 Å². The number of carbonyl (C=O) groups excluding carboxylic acids is 6. The van der Waals surface area contributed by atoms with E-state index in [4.69, 9.17) is 24.7 Å². The number of carbonyl (C=O) groups is 6. The molecule has 4 atom stereocenters. The standard InChI is InChI=1S/C26H39N3O6.C18H37N3O4/c1-16(2)20(28-24(33)35-26(6,7)8)14-13-17(27-23(32)34-25(3,4)5)15-29-21(30)18-11-9-10-12-19(18)22(29)31;1-12(2)14(21-16(23)25-18(6,7)8)10-9-13(11-19)20-15(22)24-17(3,4)5/h9-12,16-17,20H,13-15H2,1-8H3,(H,27,32)(H,28,33);12-14H,9-11,19H2,1-8H3,(H,20,22)(H,21,23)/t17-,20?;13-,14?/m00/s1. The molecule has 0 aromatic heterocycles. The van der Waals surface area contributed by atoms with Gasteiger partial charge in [-0.05, 0) is 133 Å². The summed E-state index contributed by atoms with van der Waals surface area (Å²) >= 11 is 0. The average Bonchev–Trinajstić information content (AvgIpc) is 3.29. The van der Waals surface area contributed by atoms with E-state index in [2.05, 4.69) is 21.3 Å². The molecule has 1 aromatic rings. The van der Waals surface area contributed by atoms with Crippen molar-refractivity contribution in [3.05, 3.63) is 35.4 Å². The summed E-state index contributed by atoms with van der Waals surface area (Å²) in [6, 6.07) is 5.56. The topological polar surface area (TPSA) is 217 Å². The molecule has 0 spiro atoms. The smallest absolute Gasteiger partial charge is 0.407 e. The van der Waals surface area contributed by atoms with Crippen LogP contribution in [0.3, 0.4) is 0 Å². The number of nitrogens with one attached hydrogen (secondary N) is 4. The summed E-state index contributed by atoms with van der Waals surface area (Å²) < 4.78 is 21.3. The first-order valence-electron chi connectivity index (χ1n) is 20.9. The van der Waals surface area contributed by atoms with E-state index in [1.165, 1.54) is 0 Å². The number of hydrogen-bond acceptors (Lipinski definition) is 11. The van der Waals surface area contributed by atoms with Crippen LogP contribution >= 0.6 is 0 Å². The maximum Gasteiger partial charge on any atom is 0.407 e. The van der Waals surface area contributed by atoms with Crippen molar-refractivity contribution < 1.29 is 47.7 Å². The van der Waals surface area contributed by atoms with Gasteiger partial charge in [0.2, 0.25) is 0 Å². The number of nitrogens with zero attached hydrogens (tertiary/aromatic N) is 1. The number of hydrogen-bond donors (Lipinski definition) is 5. The van der Waals surface area contributed by atoms with Crippen LogP contribution < -0.4 is 27.0 Å². The zero-order chi connectivity index (χ0) is 46.4. The van der Waals surface area contributed by atoms with Crippen molar-refractivity contribution in [3.8, 4) is 0 Å². The lowest BCUT2D eigenvalue weighted by Crippen LogP contribution is -2.48. The zero-order valence-corrected chi connectivity index (χ0v) is 39.1. The number of imide groups is 1. The number of ether oxygens (including phenoxy) is 4. The Balaban J connectivity index is 0.000000638. The summed E-state index contributed by atoms with van der Waals surface area (Å²) in [7, 11) is 0. The van der Waals surface area contributed by atoms with E-state index in [0.29, 0.717) is 43.4 Å². The van der Waals surface area contributed by atoms with Crippen LogP contribution in [0.4, 0.5) is 19.2 Å². The van der Waals surface area contributed by atoms with E-state index in [-0.39, 0.29) is 36.5 Å². The van der Waals surface area contributed by atoms with Crippen LogP contribution in [-0.2, 0) is 18.9 Å². The van der Waals surface area contributed by atoms with Crippen LogP contribution in [-0.4, -0.2) is 101 Å². The third-order valence-corrected chi connectivity index (χ3v) is 8.67. The van der Waals surface area contributed by atoms with Crippen LogP contribution in [0, 0.1) is 11.8 Å². The van der Waals surface area contributed by atoms with Crippen molar-refractivity contribution >= 4 is 36.2 Å². The van der Waals surface area contributed by atoms with Crippen LogP contribution in [0.15, 0.2) is 24.3 Å². The highest BCUT2D eigenvalue weighted by Crippen LogP contribution is 2.24. The molecule has 2 unspecified atom stereocenters. The van der Waals surface area contributed by atoms with Crippen molar-refractivity contribution in [2.75, 3.05) is 13.1 Å². The number of amides is 6. The number of fused-ring (bicyclic) bond motifs is 1. The molecule has 16 nitrogen and oxygen atoms in total. The second-order valence-corrected chi connectivity index (χ2v) is 19.8. The van der Waals surface area contributed by atoms with Gasteiger partial charge in [-0.2, -0.15) is 0 Å². The molecule has 60 heavy (non-hydrogen) atoms. The molecule has 1 aromatic carbocycles. The molecule has 0 saturated heterocycles. The fourth-order valence-corrected chi connectivity index (χ4v) is 5.86. The molecule has 6 amide bonds. The first-order valence-corrected chi connectivity index (χ1v) is 20.9. The van der Waals surface area contributed by atoms with E-state index in [0.717, 1.165) is 4.90 Å². The summed E-state index contributed by atoms with van der Waals surface area (Å²) in [4.78, 5) is 75.6. The normalized spacial score (nSPS) is 15.2. The highest BCUT2D eigenvalue weighted by Gasteiger charge is 2.37. The molecule has 0 aliphatic carbocycles. The molecule has 2 rings (SSSR count). The molecule has 1 aliphatic rings. The fourth-order valence-electron chi connectivity index (χ4n) is 5.86. The molecule has 0 bridgehead atoms. The van der Waals surface area contributed by atoms with Gasteiger partial charge in [-0.1, -0.05) is 39.8 Å². The van der Waals surface area contributed by atoms with Crippen LogP contribution in [0.2, 0.25) is 0 Å². The molecule has 342 valence electrons. The Morgan fingerprint density at radius 3 is 1.13 bits per heavy atom. The van der Waals surface area contributed by atoms with Gasteiger partial charge in [0.05, 0.1) is 17.2 Å². The van der Waals surface area contributed by atoms with Crippen molar-refractivity contribution in [3.63, 3.8) is 0 Å². The Bertz CT molecular complexity index is 1550. The Labute approximate surface area is 358 Å². The molecule has 1 aliphatic heterocycles. The molecule has 0 radical (unpaired) electrons. The van der Waals surface area contributed by atoms with Crippen LogP contribution in [0.5, 0.6) is 0 Å². The van der Waals surface area contributed by atoms with Gasteiger partial charge in [0.25, 0.3) is 11.8 Å². The lowest BCUT2D eigenvalue weighted by Gasteiger charge is -2.29. The Morgan fingerprint density at radius 1 is 0.533 bits per heavy atom. The predicted octanol–water partition coefficient (Wildman–Crippen LogP) is 7.67. The molecule has 1 heterocycles. The highest BCUT2D eigenvalue weighted by atomic mass is 16.6. The number of nitrogens with two attached hydrogens (primary N) is 1. The monoisotopic (exact) mass is 849 g/mol. The van der Waals surface area contributed by atoms with Crippen LogP contribution in [0.25, 0.3) is 0 Å². The van der Waals surface area contributed by atoms with Crippen molar-refractivity contribution in [2.24, 2.45) is 17.6 Å². The van der Waals surface area contributed by atoms with Gasteiger partial charge in [0.1, 0.15) is 22.4 Å². The van der Waals surface area contributed by atoms with Gasteiger partial charge in [-0.3, -0.25) is 14.5 Å². The summed E-state index contributed by atoms with van der Waals surface area (Å²) in [5.41, 5.74) is 4.02. The zero-order valence-electron chi connectivity index (χ0n) is 39.1. The van der Waals surface area contributed by atoms with Gasteiger partial charge in [0.15, 0.2) is 0 Å². The summed E-state index contributed by atoms with van der Waals surface area (Å²) in [6.45, 7) is 29.8. The SMILES string of the molecule is CC(C)C(CC[C@@H](CN)NC(=O)OC(C)(C)C)NC(=O)OC(C)(C)C.CC(C)C(CC[C@@H](CN1C(=O)c2ccccc2C1=O)NC(=O)OC(C)(C)C)NC(=O)OC(C)(C)C. The van der Waals surface area contributed by atoms with E-state index in [1.807, 2.05) is 69.2 Å². The number of alkyl carbamates (subject to hydrolysis) is 4. The Kier molecular flexibility index (Phi) is 20.3. The second kappa shape index (κ2) is 22.8. The van der Waals surface area contributed by atoms with Gasteiger partial charge in [0, 0.05) is 31.2 Å². The minimum atomic E-state index is -0.705. The van der Waals surface area contributed by atoms with Crippen molar-refractivity contribution in [2.45, 2.75) is 183 Å². The van der Waals surface area contributed by atoms with Gasteiger partial charge in [-0.15, -0.1) is 0 Å². The average molecular weight is 849 g/mol. The quantitative estimate of drug-likeness (QED) is 0.0852. The Morgan fingerprint density at radius 2 is 0.833 bits per heavy atom.